The van der Waals surface area contributed by atoms with E-state index in [-0.39, 0.29) is 5.15 Å². The van der Waals surface area contributed by atoms with Crippen LogP contribution in [0.5, 0.6) is 17.2 Å². The summed E-state index contributed by atoms with van der Waals surface area (Å²) in [4.78, 5) is 7.98. The lowest BCUT2D eigenvalue weighted by atomic mass is 10.2. The van der Waals surface area contributed by atoms with Crippen molar-refractivity contribution in [1.29, 1.82) is 0 Å². The normalized spacial score (nSPS) is 10.1. The number of rotatable bonds is 6. The predicted molar refractivity (Wildman–Crippen MR) is 80.5 cm³/mol. The number of hydrogen-bond donors (Lipinski definition) is 1. The van der Waals surface area contributed by atoms with Crippen molar-refractivity contribution in [3.8, 4) is 17.2 Å². The maximum atomic E-state index is 5.95. The standard InChI is InChI=1S/C14H16ClN3O3/c1-19-10-5-4-9(6-11(10)20-2)7-16-14-12(21-3)13(15)17-8-18-14/h4-6,8H,7H2,1-3H3,(H,16,17,18). The van der Waals surface area contributed by atoms with E-state index in [9.17, 15) is 0 Å². The molecule has 0 aliphatic carbocycles. The molecule has 0 aliphatic rings. The zero-order chi connectivity index (χ0) is 15.2. The lowest BCUT2D eigenvalue weighted by Gasteiger charge is -2.12. The molecular weight excluding hydrogens is 294 g/mol. The molecule has 0 aliphatic heterocycles. The van der Waals surface area contributed by atoms with Gasteiger partial charge in [-0.25, -0.2) is 9.97 Å². The van der Waals surface area contributed by atoms with E-state index in [1.165, 1.54) is 13.4 Å². The van der Waals surface area contributed by atoms with Crippen LogP contribution in [0.2, 0.25) is 5.15 Å². The van der Waals surface area contributed by atoms with Crippen molar-refractivity contribution < 1.29 is 14.2 Å². The molecule has 0 atom stereocenters. The largest absolute Gasteiger partial charge is 0.493 e. The Labute approximate surface area is 128 Å². The highest BCUT2D eigenvalue weighted by Crippen LogP contribution is 2.30. The number of aromatic nitrogens is 2. The van der Waals surface area contributed by atoms with Gasteiger partial charge in [-0.1, -0.05) is 17.7 Å². The van der Waals surface area contributed by atoms with Crippen molar-refractivity contribution in [3.63, 3.8) is 0 Å². The SMILES string of the molecule is COc1ccc(CNc2ncnc(Cl)c2OC)cc1OC. The number of ether oxygens (including phenoxy) is 3. The van der Waals surface area contributed by atoms with Crippen LogP contribution in [-0.4, -0.2) is 31.3 Å². The van der Waals surface area contributed by atoms with Crippen LogP contribution < -0.4 is 19.5 Å². The molecule has 1 heterocycles. The molecule has 0 fully saturated rings. The van der Waals surface area contributed by atoms with Crippen molar-refractivity contribution >= 4 is 17.4 Å². The highest BCUT2D eigenvalue weighted by Gasteiger charge is 2.10. The Morgan fingerprint density at radius 1 is 1.05 bits per heavy atom. The summed E-state index contributed by atoms with van der Waals surface area (Å²) in [6.45, 7) is 0.532. The zero-order valence-corrected chi connectivity index (χ0v) is 12.8. The molecule has 6 nitrogen and oxygen atoms in total. The molecule has 1 aromatic heterocycles. The molecular formula is C14H16ClN3O3. The van der Waals surface area contributed by atoms with Gasteiger partial charge in [0, 0.05) is 6.54 Å². The average molecular weight is 310 g/mol. The third kappa shape index (κ3) is 3.46. The van der Waals surface area contributed by atoms with E-state index in [4.69, 9.17) is 25.8 Å². The minimum Gasteiger partial charge on any atom is -0.493 e. The number of benzene rings is 1. The van der Waals surface area contributed by atoms with E-state index < -0.39 is 0 Å². The molecule has 21 heavy (non-hydrogen) atoms. The van der Waals surface area contributed by atoms with Crippen molar-refractivity contribution in [2.45, 2.75) is 6.54 Å². The molecule has 0 bridgehead atoms. The fraction of sp³-hybridized carbons (Fsp3) is 0.286. The van der Waals surface area contributed by atoms with Gasteiger partial charge >= 0.3 is 0 Å². The molecule has 0 saturated carbocycles. The van der Waals surface area contributed by atoms with Gasteiger partial charge in [-0.05, 0) is 17.7 Å². The second-order valence-corrected chi connectivity index (χ2v) is 4.45. The van der Waals surface area contributed by atoms with Crippen LogP contribution in [0.25, 0.3) is 0 Å². The maximum absolute atomic E-state index is 5.95. The van der Waals surface area contributed by atoms with Gasteiger partial charge in [0.05, 0.1) is 21.3 Å². The summed E-state index contributed by atoms with van der Waals surface area (Å²) in [5, 5.41) is 3.42. The summed E-state index contributed by atoms with van der Waals surface area (Å²) in [7, 11) is 4.72. The fourth-order valence-corrected chi connectivity index (χ4v) is 2.05. The molecule has 2 rings (SSSR count). The molecule has 1 aromatic carbocycles. The van der Waals surface area contributed by atoms with E-state index in [0.29, 0.717) is 29.6 Å². The Bertz CT molecular complexity index is 622. The van der Waals surface area contributed by atoms with E-state index in [0.717, 1.165) is 5.56 Å². The van der Waals surface area contributed by atoms with Gasteiger partial charge in [-0.3, -0.25) is 0 Å². The number of nitrogens with zero attached hydrogens (tertiary/aromatic N) is 2. The van der Waals surface area contributed by atoms with Gasteiger partial charge in [0.2, 0.25) is 0 Å². The van der Waals surface area contributed by atoms with E-state index >= 15 is 0 Å². The maximum Gasteiger partial charge on any atom is 0.198 e. The monoisotopic (exact) mass is 309 g/mol. The van der Waals surface area contributed by atoms with Gasteiger partial charge in [-0.2, -0.15) is 0 Å². The van der Waals surface area contributed by atoms with Crippen LogP contribution in [-0.2, 0) is 6.54 Å². The molecule has 0 amide bonds. The summed E-state index contributed by atoms with van der Waals surface area (Å²) >= 11 is 5.95. The molecule has 0 radical (unpaired) electrons. The lowest BCUT2D eigenvalue weighted by Crippen LogP contribution is -2.05. The van der Waals surface area contributed by atoms with Crippen LogP contribution in [0.4, 0.5) is 5.82 Å². The summed E-state index contributed by atoms with van der Waals surface area (Å²) in [6.07, 6.45) is 1.38. The van der Waals surface area contributed by atoms with Gasteiger partial charge in [0.1, 0.15) is 6.33 Å². The Morgan fingerprint density at radius 2 is 1.81 bits per heavy atom. The van der Waals surface area contributed by atoms with E-state index in [2.05, 4.69) is 15.3 Å². The minimum atomic E-state index is 0.266. The summed E-state index contributed by atoms with van der Waals surface area (Å²) in [5.41, 5.74) is 1.00. The van der Waals surface area contributed by atoms with Crippen LogP contribution >= 0.6 is 11.6 Å². The highest BCUT2D eigenvalue weighted by molar-refractivity contribution is 6.31. The van der Waals surface area contributed by atoms with Crippen molar-refractivity contribution in [2.24, 2.45) is 0 Å². The van der Waals surface area contributed by atoms with Crippen LogP contribution in [0.15, 0.2) is 24.5 Å². The first-order chi connectivity index (χ1) is 10.2. The Balaban J connectivity index is 2.15. The second kappa shape index (κ2) is 6.99. The first-order valence-corrected chi connectivity index (χ1v) is 6.56. The van der Waals surface area contributed by atoms with Gasteiger partial charge in [0.15, 0.2) is 28.2 Å². The van der Waals surface area contributed by atoms with Crippen LogP contribution in [0.1, 0.15) is 5.56 Å². The molecule has 0 spiro atoms. The zero-order valence-electron chi connectivity index (χ0n) is 12.0. The summed E-state index contributed by atoms with van der Waals surface area (Å²) < 4.78 is 15.7. The number of nitrogens with one attached hydrogen (secondary N) is 1. The number of hydrogen-bond acceptors (Lipinski definition) is 6. The Kier molecular flexibility index (Phi) is 5.05. The molecule has 0 saturated heterocycles. The van der Waals surface area contributed by atoms with Gasteiger partial charge in [-0.15, -0.1) is 0 Å². The second-order valence-electron chi connectivity index (χ2n) is 4.09. The van der Waals surface area contributed by atoms with Gasteiger partial charge in [0.25, 0.3) is 0 Å². The molecule has 2 aromatic rings. The quantitative estimate of drug-likeness (QED) is 0.828. The van der Waals surface area contributed by atoms with E-state index in [1.54, 1.807) is 14.2 Å². The first kappa shape index (κ1) is 15.2. The highest BCUT2D eigenvalue weighted by atomic mass is 35.5. The van der Waals surface area contributed by atoms with Crippen molar-refractivity contribution in [3.05, 3.63) is 35.2 Å². The number of halogens is 1. The van der Waals surface area contributed by atoms with Crippen LogP contribution in [0, 0.1) is 0 Å². The predicted octanol–water partition coefficient (Wildman–Crippen LogP) is 2.77. The smallest absolute Gasteiger partial charge is 0.198 e. The topological polar surface area (TPSA) is 65.5 Å². The lowest BCUT2D eigenvalue weighted by molar-refractivity contribution is 0.354. The van der Waals surface area contributed by atoms with Gasteiger partial charge < -0.3 is 19.5 Å². The van der Waals surface area contributed by atoms with Crippen molar-refractivity contribution in [2.75, 3.05) is 26.6 Å². The molecule has 1 N–H and O–H groups in total. The average Bonchev–Trinajstić information content (AvgIpc) is 2.52. The first-order valence-electron chi connectivity index (χ1n) is 6.18. The summed E-state index contributed by atoms with van der Waals surface area (Å²) in [6, 6.07) is 5.67. The third-order valence-electron chi connectivity index (χ3n) is 2.87. The Morgan fingerprint density at radius 3 is 2.48 bits per heavy atom. The Hall–Kier alpha value is -2.21. The van der Waals surface area contributed by atoms with E-state index in [1.807, 2.05) is 18.2 Å². The van der Waals surface area contributed by atoms with Crippen LogP contribution in [0.3, 0.4) is 0 Å². The molecule has 7 heteroatoms. The number of methoxy groups -OCH3 is 3. The molecule has 0 unspecified atom stereocenters. The fourth-order valence-electron chi connectivity index (χ4n) is 1.84. The molecule has 112 valence electrons. The van der Waals surface area contributed by atoms with Crippen molar-refractivity contribution in [1.82, 2.24) is 9.97 Å². The number of anilines is 1. The summed E-state index contributed by atoms with van der Waals surface area (Å²) in [5.74, 6) is 2.31. The third-order valence-corrected chi connectivity index (χ3v) is 3.14. The minimum absolute atomic E-state index is 0.266.